The number of nitrogens with zero attached hydrogens (tertiary/aromatic N) is 2. The molecule has 7 heteroatoms. The molecule has 2 aliphatic rings. The van der Waals surface area contributed by atoms with Crippen molar-refractivity contribution in [1.82, 2.24) is 15.4 Å². The number of amides is 1. The highest BCUT2D eigenvalue weighted by molar-refractivity contribution is 5.83. The second-order valence-corrected chi connectivity index (χ2v) is 9.35. The van der Waals surface area contributed by atoms with E-state index in [9.17, 15) is 14.0 Å². The molecule has 1 fully saturated rings. The van der Waals surface area contributed by atoms with Crippen molar-refractivity contribution in [3.05, 3.63) is 76.7 Å². The lowest BCUT2D eigenvalue weighted by Crippen LogP contribution is -2.55. The van der Waals surface area contributed by atoms with Gasteiger partial charge in [0.05, 0.1) is 12.1 Å². The first kappa shape index (κ1) is 23.8. The van der Waals surface area contributed by atoms with E-state index >= 15 is 0 Å². The van der Waals surface area contributed by atoms with Crippen molar-refractivity contribution in [3.63, 3.8) is 0 Å². The number of aromatic nitrogens is 1. The van der Waals surface area contributed by atoms with Crippen LogP contribution in [0.25, 0.3) is 11.3 Å². The van der Waals surface area contributed by atoms with E-state index < -0.39 is 0 Å². The molecule has 5 rings (SSSR count). The van der Waals surface area contributed by atoms with Gasteiger partial charge in [0.2, 0.25) is 5.91 Å². The fourth-order valence-corrected chi connectivity index (χ4v) is 4.65. The second-order valence-electron chi connectivity index (χ2n) is 9.35. The summed E-state index contributed by atoms with van der Waals surface area (Å²) in [6, 6.07) is 14.9. The highest BCUT2D eigenvalue weighted by atomic mass is 19.1. The molecule has 2 atom stereocenters. The van der Waals surface area contributed by atoms with Gasteiger partial charge in [-0.05, 0) is 61.6 Å². The third-order valence-electron chi connectivity index (χ3n) is 6.40. The SMILES string of the molecule is CC(C)CC1C(=O)NC(c2ccccc2)CN1C.O=Cc1noc2c1CCc1cc(F)ccc1-2. The Morgan fingerprint density at radius 3 is 2.65 bits per heavy atom. The number of aldehydes is 1. The topological polar surface area (TPSA) is 75.4 Å². The van der Waals surface area contributed by atoms with Gasteiger partial charge in [-0.1, -0.05) is 49.3 Å². The van der Waals surface area contributed by atoms with Gasteiger partial charge >= 0.3 is 0 Å². The largest absolute Gasteiger partial charge is 0.355 e. The minimum Gasteiger partial charge on any atom is -0.355 e. The molecule has 178 valence electrons. The maximum Gasteiger partial charge on any atom is 0.237 e. The van der Waals surface area contributed by atoms with E-state index in [1.54, 1.807) is 6.07 Å². The monoisotopic (exact) mass is 463 g/mol. The molecule has 0 saturated carbocycles. The van der Waals surface area contributed by atoms with Gasteiger partial charge in [-0.3, -0.25) is 14.5 Å². The number of fused-ring (bicyclic) bond motifs is 3. The zero-order valence-corrected chi connectivity index (χ0v) is 19.8. The molecule has 3 aromatic rings. The minimum absolute atomic E-state index is 0.0185. The van der Waals surface area contributed by atoms with E-state index in [0.29, 0.717) is 36.5 Å². The molecule has 1 saturated heterocycles. The Bertz CT molecular complexity index is 1160. The predicted octanol–water partition coefficient (Wildman–Crippen LogP) is 4.60. The average Bonchev–Trinajstić information content (AvgIpc) is 3.25. The number of halogens is 1. The number of carbonyl (C=O) groups excluding carboxylic acids is 2. The molecule has 1 aromatic heterocycles. The van der Waals surface area contributed by atoms with Gasteiger partial charge in [-0.15, -0.1) is 0 Å². The Morgan fingerprint density at radius 2 is 1.97 bits per heavy atom. The summed E-state index contributed by atoms with van der Waals surface area (Å²) in [6.07, 6.45) is 2.99. The van der Waals surface area contributed by atoms with Crippen molar-refractivity contribution < 1.29 is 18.5 Å². The summed E-state index contributed by atoms with van der Waals surface area (Å²) >= 11 is 0. The lowest BCUT2D eigenvalue weighted by Gasteiger charge is -2.38. The van der Waals surface area contributed by atoms with Crippen LogP contribution < -0.4 is 5.32 Å². The van der Waals surface area contributed by atoms with Crippen LogP contribution in [0.3, 0.4) is 0 Å². The molecule has 1 aliphatic heterocycles. The smallest absolute Gasteiger partial charge is 0.237 e. The number of hydrogen-bond acceptors (Lipinski definition) is 5. The van der Waals surface area contributed by atoms with Crippen LogP contribution in [0.4, 0.5) is 4.39 Å². The lowest BCUT2D eigenvalue weighted by atomic mass is 9.90. The van der Waals surface area contributed by atoms with E-state index in [2.05, 4.69) is 41.4 Å². The molecule has 1 amide bonds. The van der Waals surface area contributed by atoms with Crippen LogP contribution in [0, 0.1) is 11.7 Å². The van der Waals surface area contributed by atoms with Gasteiger partial charge in [-0.2, -0.15) is 0 Å². The second kappa shape index (κ2) is 10.3. The maximum absolute atomic E-state index is 13.0. The predicted molar refractivity (Wildman–Crippen MR) is 128 cm³/mol. The summed E-state index contributed by atoms with van der Waals surface area (Å²) in [5.74, 6) is 1.04. The van der Waals surface area contributed by atoms with Crippen molar-refractivity contribution in [2.75, 3.05) is 13.6 Å². The van der Waals surface area contributed by atoms with Gasteiger partial charge in [0.25, 0.3) is 0 Å². The summed E-state index contributed by atoms with van der Waals surface area (Å²) in [4.78, 5) is 25.1. The molecule has 34 heavy (non-hydrogen) atoms. The zero-order valence-electron chi connectivity index (χ0n) is 19.8. The minimum atomic E-state index is -0.252. The standard InChI is InChI=1S/C15H22N2O.C12H8FNO2/c1-11(2)9-14-15(18)16-13(10-17(14)3)12-7-5-4-6-8-12;13-8-2-4-9-7(5-8)1-3-10-11(6-15)14-16-12(9)10/h4-8,11,13-14H,9-10H2,1-3H3,(H,16,18);2,4-6H,1,3H2. The molecular weight excluding hydrogens is 433 g/mol. The maximum atomic E-state index is 13.0. The number of benzene rings is 2. The first-order valence-electron chi connectivity index (χ1n) is 11.7. The van der Waals surface area contributed by atoms with Gasteiger partial charge in [0.1, 0.15) is 11.5 Å². The molecule has 2 unspecified atom stereocenters. The Morgan fingerprint density at radius 1 is 1.21 bits per heavy atom. The van der Waals surface area contributed by atoms with Crippen molar-refractivity contribution in [2.24, 2.45) is 5.92 Å². The quantitative estimate of drug-likeness (QED) is 0.573. The van der Waals surface area contributed by atoms with Crippen LogP contribution in [0.15, 0.2) is 53.1 Å². The summed E-state index contributed by atoms with van der Waals surface area (Å²) in [5, 5.41) is 6.84. The van der Waals surface area contributed by atoms with Crippen molar-refractivity contribution >= 4 is 12.2 Å². The summed E-state index contributed by atoms with van der Waals surface area (Å²) in [6.45, 7) is 5.20. The van der Waals surface area contributed by atoms with Crippen LogP contribution in [0.5, 0.6) is 0 Å². The molecular formula is C27H30FN3O3. The van der Waals surface area contributed by atoms with E-state index in [1.165, 1.54) is 17.7 Å². The summed E-state index contributed by atoms with van der Waals surface area (Å²) in [7, 11) is 2.04. The number of piperazine rings is 1. The number of nitrogens with one attached hydrogen (secondary N) is 1. The lowest BCUT2D eigenvalue weighted by molar-refractivity contribution is -0.130. The van der Waals surface area contributed by atoms with Crippen LogP contribution in [0.2, 0.25) is 0 Å². The molecule has 0 spiro atoms. The van der Waals surface area contributed by atoms with Crippen LogP contribution in [0.1, 0.15) is 53.5 Å². The number of aryl methyl sites for hydroxylation is 1. The Labute approximate surface area is 199 Å². The van der Waals surface area contributed by atoms with Crippen LogP contribution >= 0.6 is 0 Å². The molecule has 6 nitrogen and oxygen atoms in total. The number of carbonyl (C=O) groups is 2. The van der Waals surface area contributed by atoms with Crippen LogP contribution in [-0.4, -0.2) is 41.9 Å². The third-order valence-corrected chi connectivity index (χ3v) is 6.40. The van der Waals surface area contributed by atoms with Gasteiger partial charge in [-0.25, -0.2) is 4.39 Å². The van der Waals surface area contributed by atoms with E-state index in [0.717, 1.165) is 29.7 Å². The normalized spacial score (nSPS) is 19.5. The van der Waals surface area contributed by atoms with Gasteiger partial charge in [0.15, 0.2) is 12.0 Å². The highest BCUT2D eigenvalue weighted by Gasteiger charge is 2.33. The van der Waals surface area contributed by atoms with Gasteiger partial charge < -0.3 is 9.84 Å². The molecule has 0 bridgehead atoms. The first-order valence-corrected chi connectivity index (χ1v) is 11.7. The molecule has 2 heterocycles. The number of rotatable bonds is 4. The van der Waals surface area contributed by atoms with E-state index in [4.69, 9.17) is 4.52 Å². The third kappa shape index (κ3) is 5.09. The van der Waals surface area contributed by atoms with Crippen molar-refractivity contribution in [2.45, 2.75) is 45.2 Å². The Balaban J connectivity index is 0.000000162. The van der Waals surface area contributed by atoms with Crippen molar-refractivity contribution in [3.8, 4) is 11.3 Å². The Hall–Kier alpha value is -3.32. The summed E-state index contributed by atoms with van der Waals surface area (Å²) < 4.78 is 18.2. The zero-order chi connectivity index (χ0) is 24.2. The van der Waals surface area contributed by atoms with E-state index in [-0.39, 0.29) is 23.8 Å². The first-order chi connectivity index (χ1) is 16.4. The molecule has 1 aliphatic carbocycles. The van der Waals surface area contributed by atoms with Crippen LogP contribution in [-0.2, 0) is 17.6 Å². The fourth-order valence-electron chi connectivity index (χ4n) is 4.65. The Kier molecular flexibility index (Phi) is 7.22. The number of hydrogen-bond donors (Lipinski definition) is 1. The van der Waals surface area contributed by atoms with Gasteiger partial charge in [0, 0.05) is 17.7 Å². The highest BCUT2D eigenvalue weighted by Crippen LogP contribution is 2.35. The fraction of sp³-hybridized carbons (Fsp3) is 0.370. The summed E-state index contributed by atoms with van der Waals surface area (Å²) in [5.41, 5.74) is 4.10. The molecule has 2 aromatic carbocycles. The molecule has 0 radical (unpaired) electrons. The average molecular weight is 464 g/mol. The molecule has 1 N–H and O–H groups in total. The van der Waals surface area contributed by atoms with Crippen molar-refractivity contribution in [1.29, 1.82) is 0 Å². The number of likely N-dealkylation sites (N-methyl/N-ethyl adjacent to an activating group) is 1. The van der Waals surface area contributed by atoms with E-state index in [1.807, 2.05) is 25.2 Å².